The van der Waals surface area contributed by atoms with Crippen molar-refractivity contribution in [1.29, 1.82) is 0 Å². The predicted molar refractivity (Wildman–Crippen MR) is 118 cm³/mol. The molecule has 3 heterocycles. The van der Waals surface area contributed by atoms with Crippen LogP contribution in [-0.4, -0.2) is 28.5 Å². The van der Waals surface area contributed by atoms with Crippen molar-refractivity contribution < 1.29 is 8.42 Å². The maximum Gasteiger partial charge on any atom is 0.279 e. The highest BCUT2D eigenvalue weighted by atomic mass is 32.2. The number of benzene rings is 2. The third-order valence-electron chi connectivity index (χ3n) is 5.17. The van der Waals surface area contributed by atoms with Gasteiger partial charge in [0.15, 0.2) is 0 Å². The minimum absolute atomic E-state index is 0.270. The maximum atomic E-state index is 13.6. The van der Waals surface area contributed by atoms with E-state index in [9.17, 15) is 8.42 Å². The minimum Gasteiger partial charge on any atom is -0.253 e. The first-order chi connectivity index (χ1) is 14.5. The van der Waals surface area contributed by atoms with Crippen LogP contribution in [0, 0.1) is 6.92 Å². The van der Waals surface area contributed by atoms with Gasteiger partial charge in [-0.15, -0.1) is 11.3 Å². The van der Waals surface area contributed by atoms with E-state index in [4.69, 9.17) is 0 Å². The molecule has 2 aromatic heterocycles. The number of rotatable bonds is 4. The van der Waals surface area contributed by atoms with Gasteiger partial charge in [-0.3, -0.25) is 9.97 Å². The van der Waals surface area contributed by atoms with Crippen LogP contribution in [-0.2, 0) is 10.0 Å². The summed E-state index contributed by atoms with van der Waals surface area (Å²) in [6.07, 6.45) is 3.78. The molecule has 2 aromatic carbocycles. The van der Waals surface area contributed by atoms with Gasteiger partial charge in [-0.05, 0) is 47.7 Å². The van der Waals surface area contributed by atoms with Crippen molar-refractivity contribution in [2.75, 3.05) is 0 Å². The third-order valence-corrected chi connectivity index (χ3v) is 7.94. The fourth-order valence-corrected chi connectivity index (χ4v) is 6.07. The highest BCUT2D eigenvalue weighted by molar-refractivity contribution is 7.89. The van der Waals surface area contributed by atoms with Crippen LogP contribution in [0.4, 0.5) is 0 Å². The zero-order valence-corrected chi connectivity index (χ0v) is 17.8. The van der Waals surface area contributed by atoms with Gasteiger partial charge in [-0.1, -0.05) is 30.3 Å². The zero-order chi connectivity index (χ0) is 20.7. The Labute approximate surface area is 178 Å². The molecule has 0 radical (unpaired) electrons. The van der Waals surface area contributed by atoms with Gasteiger partial charge < -0.3 is 0 Å². The average molecular weight is 435 g/mol. The number of hydrogen-bond acceptors (Lipinski definition) is 6. The van der Waals surface area contributed by atoms with Gasteiger partial charge >= 0.3 is 0 Å². The van der Waals surface area contributed by atoms with Crippen LogP contribution >= 0.6 is 11.3 Å². The third kappa shape index (κ3) is 3.18. The molecule has 0 bridgehead atoms. The van der Waals surface area contributed by atoms with Gasteiger partial charge in [0.05, 0.1) is 32.6 Å². The fraction of sp³-hybridized carbons (Fsp3) is 0.136. The van der Waals surface area contributed by atoms with Crippen molar-refractivity contribution in [1.82, 2.24) is 14.4 Å². The predicted octanol–water partition coefficient (Wildman–Crippen LogP) is 4.54. The number of sulfonamides is 1. The molecule has 0 N–H and O–H groups in total. The summed E-state index contributed by atoms with van der Waals surface area (Å²) in [5.74, 6) is 0. The molecule has 4 aromatic rings. The Hall–Kier alpha value is -3.10. The Morgan fingerprint density at radius 1 is 1.00 bits per heavy atom. The van der Waals surface area contributed by atoms with E-state index in [0.717, 1.165) is 27.2 Å². The van der Waals surface area contributed by atoms with Gasteiger partial charge in [-0.25, -0.2) is 0 Å². The second-order valence-electron chi connectivity index (χ2n) is 7.09. The largest absolute Gasteiger partial charge is 0.279 e. The fourth-order valence-electron chi connectivity index (χ4n) is 3.68. The molecule has 150 valence electrons. The van der Waals surface area contributed by atoms with Crippen molar-refractivity contribution in [2.24, 2.45) is 5.10 Å². The molecule has 1 aliphatic heterocycles. The number of aromatic nitrogens is 2. The molecule has 0 saturated carbocycles. The number of fused-ring (bicyclic) bond motifs is 1. The quantitative estimate of drug-likeness (QED) is 0.473. The molecule has 0 saturated heterocycles. The van der Waals surface area contributed by atoms with Crippen molar-refractivity contribution >= 4 is 38.1 Å². The normalized spacial score (nSPS) is 16.8. The highest BCUT2D eigenvalue weighted by Crippen LogP contribution is 2.38. The van der Waals surface area contributed by atoms with Crippen molar-refractivity contribution in [3.05, 3.63) is 88.4 Å². The molecule has 0 aliphatic carbocycles. The topological polar surface area (TPSA) is 75.5 Å². The maximum absolute atomic E-state index is 13.6. The summed E-state index contributed by atoms with van der Waals surface area (Å²) in [6.45, 7) is 1.80. The van der Waals surface area contributed by atoms with E-state index in [1.54, 1.807) is 48.9 Å². The van der Waals surface area contributed by atoms with Gasteiger partial charge in [0.1, 0.15) is 0 Å². The monoisotopic (exact) mass is 434 g/mol. The van der Waals surface area contributed by atoms with Crippen LogP contribution in [0.1, 0.15) is 28.5 Å². The summed E-state index contributed by atoms with van der Waals surface area (Å²) in [5.41, 5.74) is 3.81. The summed E-state index contributed by atoms with van der Waals surface area (Å²) in [6, 6.07) is 16.2. The molecule has 6 nitrogen and oxygen atoms in total. The van der Waals surface area contributed by atoms with Crippen LogP contribution < -0.4 is 0 Å². The average Bonchev–Trinajstić information content (AvgIpc) is 3.44. The molecular weight excluding hydrogens is 416 g/mol. The number of hydrazone groups is 1. The molecule has 1 unspecified atom stereocenters. The lowest BCUT2D eigenvalue weighted by Crippen LogP contribution is -2.28. The summed E-state index contributed by atoms with van der Waals surface area (Å²) in [7, 11) is -3.83. The van der Waals surface area contributed by atoms with Gasteiger partial charge in [0.2, 0.25) is 0 Å². The van der Waals surface area contributed by atoms with Crippen molar-refractivity contribution in [3.63, 3.8) is 0 Å². The zero-order valence-electron chi connectivity index (χ0n) is 16.1. The molecule has 0 amide bonds. The van der Waals surface area contributed by atoms with E-state index in [0.29, 0.717) is 12.0 Å². The van der Waals surface area contributed by atoms with E-state index in [1.165, 1.54) is 4.41 Å². The molecule has 1 aliphatic rings. The Morgan fingerprint density at radius 2 is 1.80 bits per heavy atom. The second kappa shape index (κ2) is 7.30. The Morgan fingerprint density at radius 3 is 2.57 bits per heavy atom. The van der Waals surface area contributed by atoms with E-state index in [2.05, 4.69) is 15.1 Å². The summed E-state index contributed by atoms with van der Waals surface area (Å²) in [4.78, 5) is 9.93. The van der Waals surface area contributed by atoms with Crippen LogP contribution in [0.2, 0.25) is 0 Å². The molecule has 1 atom stereocenters. The smallest absolute Gasteiger partial charge is 0.253 e. The Bertz CT molecular complexity index is 1360. The van der Waals surface area contributed by atoms with E-state index in [1.807, 2.05) is 41.8 Å². The standard InChI is InChI=1S/C22H18N4O2S2/c1-15-5-2-3-7-22(15)30(27,28)26-20(14-19(25-26)21-6-4-12-29-21)16-8-9-17-18(13-16)24-11-10-23-17/h2-13,20H,14H2,1H3. The lowest BCUT2D eigenvalue weighted by molar-refractivity contribution is 0.371. The molecule has 0 fully saturated rings. The number of nitrogens with zero attached hydrogens (tertiary/aromatic N) is 4. The molecule has 8 heteroatoms. The first-order valence-electron chi connectivity index (χ1n) is 9.46. The van der Waals surface area contributed by atoms with E-state index < -0.39 is 16.1 Å². The van der Waals surface area contributed by atoms with E-state index >= 15 is 0 Å². The molecule has 0 spiro atoms. The minimum atomic E-state index is -3.83. The number of hydrogen-bond donors (Lipinski definition) is 0. The Kier molecular flexibility index (Phi) is 4.60. The van der Waals surface area contributed by atoms with Crippen LogP contribution in [0.5, 0.6) is 0 Å². The van der Waals surface area contributed by atoms with Crippen LogP contribution in [0.3, 0.4) is 0 Å². The van der Waals surface area contributed by atoms with Gasteiger partial charge in [0.25, 0.3) is 10.0 Å². The molecule has 30 heavy (non-hydrogen) atoms. The number of thiophene rings is 1. The van der Waals surface area contributed by atoms with Crippen molar-refractivity contribution in [3.8, 4) is 0 Å². The van der Waals surface area contributed by atoms with Crippen LogP contribution in [0.25, 0.3) is 11.0 Å². The molecule has 5 rings (SSSR count). The van der Waals surface area contributed by atoms with E-state index in [-0.39, 0.29) is 4.90 Å². The Balaban J connectivity index is 1.64. The van der Waals surface area contributed by atoms with Crippen molar-refractivity contribution in [2.45, 2.75) is 24.3 Å². The van der Waals surface area contributed by atoms with Gasteiger partial charge in [-0.2, -0.15) is 17.9 Å². The highest BCUT2D eigenvalue weighted by Gasteiger charge is 2.38. The summed E-state index contributed by atoms with van der Waals surface area (Å²) < 4.78 is 28.5. The summed E-state index contributed by atoms with van der Waals surface area (Å²) >= 11 is 1.56. The van der Waals surface area contributed by atoms with Gasteiger partial charge in [0, 0.05) is 18.8 Å². The lowest BCUT2D eigenvalue weighted by Gasteiger charge is -2.24. The second-order valence-corrected chi connectivity index (χ2v) is 9.80. The number of aryl methyl sites for hydroxylation is 1. The summed E-state index contributed by atoms with van der Waals surface area (Å²) in [5, 5.41) is 6.56. The molecular formula is C22H18N4O2S2. The lowest BCUT2D eigenvalue weighted by atomic mass is 10.0. The van der Waals surface area contributed by atoms with Crippen LogP contribution in [0.15, 0.2) is 82.4 Å². The first-order valence-corrected chi connectivity index (χ1v) is 11.8. The SMILES string of the molecule is Cc1ccccc1S(=O)(=O)N1N=C(c2cccs2)CC1c1ccc2nccnc2c1. The first kappa shape index (κ1) is 18.9.